The monoisotopic (exact) mass is 252 g/mol. The van der Waals surface area contributed by atoms with Gasteiger partial charge in [-0.25, -0.2) is 0 Å². The highest BCUT2D eigenvalue weighted by atomic mass is 16.4. The number of carbonyl (C=O) groups is 1. The van der Waals surface area contributed by atoms with E-state index < -0.39 is 11.9 Å². The van der Waals surface area contributed by atoms with Crippen molar-refractivity contribution in [1.82, 2.24) is 4.98 Å². The third-order valence-corrected chi connectivity index (χ3v) is 2.91. The van der Waals surface area contributed by atoms with Gasteiger partial charge in [0.2, 0.25) is 0 Å². The molecule has 0 amide bonds. The first-order chi connectivity index (χ1) is 9.20. The summed E-state index contributed by atoms with van der Waals surface area (Å²) in [6.45, 7) is 0. The van der Waals surface area contributed by atoms with E-state index in [9.17, 15) is 9.90 Å². The second kappa shape index (κ2) is 5.78. The maximum Gasteiger partial charge on any atom is 0.311 e. The molecule has 0 aliphatic carbocycles. The van der Waals surface area contributed by atoms with Crippen LogP contribution in [0.15, 0.2) is 48.8 Å². The summed E-state index contributed by atoms with van der Waals surface area (Å²) in [5.74, 6) is -1.50. The maximum absolute atomic E-state index is 11.3. The highest BCUT2D eigenvalue weighted by molar-refractivity contribution is 5.76. The molecule has 0 bridgehead atoms. The van der Waals surface area contributed by atoms with Crippen molar-refractivity contribution in [2.24, 2.45) is 0 Å². The molecule has 1 heterocycles. The Hall–Kier alpha value is -2.67. The summed E-state index contributed by atoms with van der Waals surface area (Å²) in [5.41, 5.74) is 2.13. The molecule has 2 aromatic rings. The zero-order valence-electron chi connectivity index (χ0n) is 10.2. The number of nitriles is 1. The molecule has 0 radical (unpaired) electrons. The fourth-order valence-electron chi connectivity index (χ4n) is 1.88. The molecule has 1 N–H and O–H groups in total. The Labute approximate surface area is 111 Å². The van der Waals surface area contributed by atoms with Gasteiger partial charge in [-0.3, -0.25) is 9.78 Å². The zero-order chi connectivity index (χ0) is 13.7. The number of rotatable bonds is 4. The van der Waals surface area contributed by atoms with E-state index in [0.29, 0.717) is 17.5 Å². The highest BCUT2D eigenvalue weighted by Crippen LogP contribution is 2.20. The topological polar surface area (TPSA) is 74.0 Å². The summed E-state index contributed by atoms with van der Waals surface area (Å²) in [6, 6.07) is 12.5. The molecule has 0 aliphatic heterocycles. The van der Waals surface area contributed by atoms with Crippen LogP contribution in [0.5, 0.6) is 0 Å². The standard InChI is InChI=1S/C15H12N2O2/c16-9-12-5-3-11(4-6-12)8-14(15(18)19)13-2-1-7-17-10-13/h1-7,10,14H,8H2,(H,18,19). The van der Waals surface area contributed by atoms with Crippen molar-refractivity contribution in [3.05, 3.63) is 65.5 Å². The van der Waals surface area contributed by atoms with Crippen LogP contribution in [0.2, 0.25) is 0 Å². The summed E-state index contributed by atoms with van der Waals surface area (Å²) in [7, 11) is 0. The fraction of sp³-hybridized carbons (Fsp3) is 0.133. The van der Waals surface area contributed by atoms with Crippen molar-refractivity contribution in [3.63, 3.8) is 0 Å². The van der Waals surface area contributed by atoms with Gasteiger partial charge in [0.15, 0.2) is 0 Å². The van der Waals surface area contributed by atoms with Gasteiger partial charge >= 0.3 is 5.97 Å². The highest BCUT2D eigenvalue weighted by Gasteiger charge is 2.20. The average Bonchev–Trinajstić information content (AvgIpc) is 2.46. The lowest BCUT2D eigenvalue weighted by atomic mass is 9.93. The van der Waals surface area contributed by atoms with Gasteiger partial charge in [0.1, 0.15) is 0 Å². The lowest BCUT2D eigenvalue weighted by Gasteiger charge is -2.12. The predicted molar refractivity (Wildman–Crippen MR) is 69.5 cm³/mol. The van der Waals surface area contributed by atoms with Crippen LogP contribution < -0.4 is 0 Å². The molecule has 1 atom stereocenters. The van der Waals surface area contributed by atoms with Crippen LogP contribution in [0.1, 0.15) is 22.6 Å². The number of carboxylic acid groups (broad SMARTS) is 1. The minimum atomic E-state index is -0.877. The Morgan fingerprint density at radius 2 is 2.05 bits per heavy atom. The van der Waals surface area contributed by atoms with E-state index in [4.69, 9.17) is 5.26 Å². The number of hydrogen-bond acceptors (Lipinski definition) is 3. The van der Waals surface area contributed by atoms with E-state index in [2.05, 4.69) is 4.98 Å². The van der Waals surface area contributed by atoms with Crippen molar-refractivity contribution in [2.45, 2.75) is 12.3 Å². The number of carboxylic acids is 1. The van der Waals surface area contributed by atoms with Crippen LogP contribution in [0.25, 0.3) is 0 Å². The molecular weight excluding hydrogens is 240 g/mol. The van der Waals surface area contributed by atoms with Gasteiger partial charge in [0, 0.05) is 12.4 Å². The first-order valence-corrected chi connectivity index (χ1v) is 5.82. The second-order valence-corrected chi connectivity index (χ2v) is 4.19. The minimum absolute atomic E-state index is 0.382. The largest absolute Gasteiger partial charge is 0.481 e. The van der Waals surface area contributed by atoms with Crippen molar-refractivity contribution < 1.29 is 9.90 Å². The molecule has 4 nitrogen and oxygen atoms in total. The first kappa shape index (κ1) is 12.8. The molecule has 0 saturated heterocycles. The molecule has 0 saturated carbocycles. The van der Waals surface area contributed by atoms with Crippen LogP contribution in [0.3, 0.4) is 0 Å². The smallest absolute Gasteiger partial charge is 0.311 e. The lowest BCUT2D eigenvalue weighted by Crippen LogP contribution is -2.14. The normalized spacial score (nSPS) is 11.5. The molecule has 0 spiro atoms. The zero-order valence-corrected chi connectivity index (χ0v) is 10.2. The fourth-order valence-corrected chi connectivity index (χ4v) is 1.88. The van der Waals surface area contributed by atoms with Gasteiger partial charge in [-0.15, -0.1) is 0 Å². The van der Waals surface area contributed by atoms with Gasteiger partial charge in [0.05, 0.1) is 17.6 Å². The quantitative estimate of drug-likeness (QED) is 0.906. The summed E-state index contributed by atoms with van der Waals surface area (Å²) in [4.78, 5) is 15.3. The van der Waals surface area contributed by atoms with Crippen LogP contribution >= 0.6 is 0 Å². The predicted octanol–water partition coefficient (Wildman–Crippen LogP) is 2.36. The van der Waals surface area contributed by atoms with E-state index in [-0.39, 0.29) is 0 Å². The number of hydrogen-bond donors (Lipinski definition) is 1. The summed E-state index contributed by atoms with van der Waals surface area (Å²) < 4.78 is 0. The summed E-state index contributed by atoms with van der Waals surface area (Å²) in [5, 5.41) is 18.0. The Balaban J connectivity index is 2.22. The third kappa shape index (κ3) is 3.17. The minimum Gasteiger partial charge on any atom is -0.481 e. The van der Waals surface area contributed by atoms with Crippen LogP contribution in [0.4, 0.5) is 0 Å². The molecule has 0 aliphatic rings. The second-order valence-electron chi connectivity index (χ2n) is 4.19. The van der Waals surface area contributed by atoms with E-state index in [0.717, 1.165) is 5.56 Å². The van der Waals surface area contributed by atoms with Crippen LogP contribution in [-0.2, 0) is 11.2 Å². The summed E-state index contributed by atoms with van der Waals surface area (Å²) >= 11 is 0. The van der Waals surface area contributed by atoms with Crippen LogP contribution in [0, 0.1) is 11.3 Å². The Morgan fingerprint density at radius 3 is 2.58 bits per heavy atom. The lowest BCUT2D eigenvalue weighted by molar-refractivity contribution is -0.138. The molecular formula is C15H12N2O2. The van der Waals surface area contributed by atoms with Gasteiger partial charge in [0.25, 0.3) is 0 Å². The van der Waals surface area contributed by atoms with Crippen molar-refractivity contribution >= 4 is 5.97 Å². The molecule has 2 rings (SSSR count). The van der Waals surface area contributed by atoms with Crippen molar-refractivity contribution in [2.75, 3.05) is 0 Å². The van der Waals surface area contributed by atoms with E-state index in [1.807, 2.05) is 6.07 Å². The van der Waals surface area contributed by atoms with Crippen LogP contribution in [-0.4, -0.2) is 16.1 Å². The molecule has 1 unspecified atom stereocenters. The molecule has 94 valence electrons. The number of benzene rings is 1. The molecule has 1 aromatic heterocycles. The molecule has 19 heavy (non-hydrogen) atoms. The van der Waals surface area contributed by atoms with Crippen molar-refractivity contribution in [3.8, 4) is 6.07 Å². The van der Waals surface area contributed by atoms with Gasteiger partial charge in [-0.1, -0.05) is 18.2 Å². The Morgan fingerprint density at radius 1 is 1.32 bits per heavy atom. The van der Waals surface area contributed by atoms with E-state index in [1.54, 1.807) is 48.8 Å². The Kier molecular flexibility index (Phi) is 3.89. The SMILES string of the molecule is N#Cc1ccc(CC(C(=O)O)c2cccnc2)cc1. The number of aromatic nitrogens is 1. The van der Waals surface area contributed by atoms with Gasteiger partial charge < -0.3 is 5.11 Å². The molecule has 1 aromatic carbocycles. The average molecular weight is 252 g/mol. The number of pyridine rings is 1. The maximum atomic E-state index is 11.3. The van der Waals surface area contributed by atoms with Crippen molar-refractivity contribution in [1.29, 1.82) is 5.26 Å². The van der Waals surface area contributed by atoms with Gasteiger partial charge in [-0.05, 0) is 35.7 Å². The number of aliphatic carboxylic acids is 1. The van der Waals surface area contributed by atoms with E-state index in [1.165, 1.54) is 0 Å². The first-order valence-electron chi connectivity index (χ1n) is 5.82. The van der Waals surface area contributed by atoms with Gasteiger partial charge in [-0.2, -0.15) is 5.26 Å². The molecule has 0 fully saturated rings. The Bertz CT molecular complexity index is 600. The third-order valence-electron chi connectivity index (χ3n) is 2.91. The molecule has 4 heteroatoms. The van der Waals surface area contributed by atoms with E-state index >= 15 is 0 Å². The number of nitrogens with zero attached hydrogens (tertiary/aromatic N) is 2. The summed E-state index contributed by atoms with van der Waals surface area (Å²) in [6.07, 6.45) is 3.57.